The van der Waals surface area contributed by atoms with Crippen LogP contribution < -0.4 is 5.32 Å². The molecule has 0 saturated carbocycles. The van der Waals surface area contributed by atoms with Crippen molar-refractivity contribution in [1.29, 1.82) is 0 Å². The fourth-order valence-corrected chi connectivity index (χ4v) is 5.27. The van der Waals surface area contributed by atoms with Gasteiger partial charge < -0.3 is 15.5 Å². The van der Waals surface area contributed by atoms with E-state index in [4.69, 9.17) is 0 Å². The first-order valence-corrected chi connectivity index (χ1v) is 9.98. The van der Waals surface area contributed by atoms with E-state index >= 15 is 0 Å². The molecule has 4 heteroatoms. The molecule has 2 aliphatic rings. The van der Waals surface area contributed by atoms with E-state index in [2.05, 4.69) is 71.7 Å². The Labute approximate surface area is 161 Å². The van der Waals surface area contributed by atoms with Crippen molar-refractivity contribution in [2.24, 2.45) is 11.8 Å². The second-order valence-corrected chi connectivity index (χ2v) is 8.22. The fraction of sp³-hybridized carbons (Fsp3) is 0.478. The Morgan fingerprint density at radius 1 is 1.04 bits per heavy atom. The molecule has 2 aliphatic heterocycles. The summed E-state index contributed by atoms with van der Waals surface area (Å²) in [6.45, 7) is 5.23. The Kier molecular flexibility index (Phi) is 5.33. The van der Waals surface area contributed by atoms with Crippen LogP contribution in [-0.2, 0) is 6.54 Å². The number of aliphatic hydroxyl groups excluding tert-OH is 2. The van der Waals surface area contributed by atoms with Crippen molar-refractivity contribution in [2.45, 2.75) is 31.5 Å². The Hall–Kier alpha value is -1.72. The van der Waals surface area contributed by atoms with E-state index in [-0.39, 0.29) is 19.3 Å². The molecule has 4 rings (SSSR count). The lowest BCUT2D eigenvalue weighted by atomic mass is 9.78. The third kappa shape index (κ3) is 3.43. The van der Waals surface area contributed by atoms with Crippen LogP contribution in [0.2, 0.25) is 0 Å². The highest BCUT2D eigenvalue weighted by Gasteiger charge is 2.56. The van der Waals surface area contributed by atoms with Gasteiger partial charge in [-0.3, -0.25) is 4.90 Å². The molecule has 144 valence electrons. The van der Waals surface area contributed by atoms with Crippen molar-refractivity contribution >= 4 is 0 Å². The first-order valence-electron chi connectivity index (χ1n) is 9.98. The molecule has 0 aromatic heterocycles. The van der Waals surface area contributed by atoms with Gasteiger partial charge in [-0.1, -0.05) is 54.6 Å². The lowest BCUT2D eigenvalue weighted by Crippen LogP contribution is -2.51. The number of hydrogen-bond donors (Lipinski definition) is 3. The standard InChI is InChI=1S/C23H30N2O2/c1-17-7-5-6-10-19(17)22-20-14-25(13-18-8-3-2-4-9-18)15-21(20)23(16-27,24-22)11-12-26/h2-10,20-22,24,26-27H,11-16H2,1H3/t20-,21+,22-,23+/m1/s1. The van der Waals surface area contributed by atoms with Gasteiger partial charge in [0.15, 0.2) is 0 Å². The van der Waals surface area contributed by atoms with Gasteiger partial charge in [0, 0.05) is 37.8 Å². The van der Waals surface area contributed by atoms with Crippen molar-refractivity contribution in [3.05, 3.63) is 71.3 Å². The van der Waals surface area contributed by atoms with E-state index in [9.17, 15) is 10.2 Å². The molecule has 2 fully saturated rings. The minimum Gasteiger partial charge on any atom is -0.396 e. The molecule has 4 atom stereocenters. The molecule has 3 N–H and O–H groups in total. The van der Waals surface area contributed by atoms with Crippen LogP contribution in [0.3, 0.4) is 0 Å². The first kappa shape index (κ1) is 18.6. The van der Waals surface area contributed by atoms with E-state index in [1.54, 1.807) is 0 Å². The molecule has 0 unspecified atom stereocenters. The summed E-state index contributed by atoms with van der Waals surface area (Å²) in [5.74, 6) is 0.775. The van der Waals surface area contributed by atoms with Crippen LogP contribution in [-0.4, -0.2) is 47.0 Å². The maximum Gasteiger partial charge on any atom is 0.0617 e. The third-order valence-corrected chi connectivity index (χ3v) is 6.63. The predicted molar refractivity (Wildman–Crippen MR) is 107 cm³/mol. The average molecular weight is 367 g/mol. The fourth-order valence-electron chi connectivity index (χ4n) is 5.27. The summed E-state index contributed by atoms with van der Waals surface area (Å²) in [5.41, 5.74) is 3.53. The molecular weight excluding hydrogens is 336 g/mol. The summed E-state index contributed by atoms with van der Waals surface area (Å²) >= 11 is 0. The first-order chi connectivity index (χ1) is 13.2. The molecule has 0 aliphatic carbocycles. The number of hydrogen-bond acceptors (Lipinski definition) is 4. The molecule has 0 bridgehead atoms. The zero-order valence-electron chi connectivity index (χ0n) is 16.0. The quantitative estimate of drug-likeness (QED) is 0.735. The summed E-state index contributed by atoms with van der Waals surface area (Å²) in [6, 6.07) is 19.4. The second kappa shape index (κ2) is 7.72. The molecule has 2 aromatic rings. The van der Waals surface area contributed by atoms with Gasteiger partial charge in [0.05, 0.1) is 6.61 Å². The molecule has 4 nitrogen and oxygen atoms in total. The van der Waals surface area contributed by atoms with Gasteiger partial charge in [0.1, 0.15) is 0 Å². The second-order valence-electron chi connectivity index (χ2n) is 8.22. The van der Waals surface area contributed by atoms with Gasteiger partial charge in [-0.15, -0.1) is 0 Å². The normalized spacial score (nSPS) is 30.6. The summed E-state index contributed by atoms with van der Waals surface area (Å²) in [7, 11) is 0. The monoisotopic (exact) mass is 366 g/mol. The number of aliphatic hydroxyl groups is 2. The topological polar surface area (TPSA) is 55.7 Å². The van der Waals surface area contributed by atoms with Crippen LogP contribution in [0.15, 0.2) is 54.6 Å². The number of fused-ring (bicyclic) bond motifs is 1. The van der Waals surface area contributed by atoms with Crippen LogP contribution in [0.25, 0.3) is 0 Å². The smallest absolute Gasteiger partial charge is 0.0617 e. The zero-order valence-corrected chi connectivity index (χ0v) is 16.0. The number of nitrogens with one attached hydrogen (secondary N) is 1. The van der Waals surface area contributed by atoms with Gasteiger partial charge in [0.2, 0.25) is 0 Å². The van der Waals surface area contributed by atoms with Gasteiger partial charge in [-0.05, 0) is 41.9 Å². The van der Waals surface area contributed by atoms with Crippen molar-refractivity contribution in [3.63, 3.8) is 0 Å². The average Bonchev–Trinajstić information content (AvgIpc) is 3.22. The highest BCUT2D eigenvalue weighted by molar-refractivity contribution is 5.33. The van der Waals surface area contributed by atoms with E-state index in [1.807, 2.05) is 0 Å². The third-order valence-electron chi connectivity index (χ3n) is 6.63. The van der Waals surface area contributed by atoms with E-state index in [0.29, 0.717) is 18.3 Å². The van der Waals surface area contributed by atoms with Gasteiger partial charge in [0.25, 0.3) is 0 Å². The van der Waals surface area contributed by atoms with Crippen molar-refractivity contribution in [1.82, 2.24) is 10.2 Å². The highest BCUT2D eigenvalue weighted by Crippen LogP contribution is 2.49. The van der Waals surface area contributed by atoms with Crippen LogP contribution in [0.5, 0.6) is 0 Å². The molecule has 2 saturated heterocycles. The molecule has 2 aromatic carbocycles. The Bertz CT molecular complexity index is 766. The van der Waals surface area contributed by atoms with Crippen LogP contribution in [0.4, 0.5) is 0 Å². The Morgan fingerprint density at radius 3 is 2.48 bits per heavy atom. The maximum absolute atomic E-state index is 10.3. The lowest BCUT2D eigenvalue weighted by molar-refractivity contribution is 0.0969. The van der Waals surface area contributed by atoms with Crippen molar-refractivity contribution in [2.75, 3.05) is 26.3 Å². The van der Waals surface area contributed by atoms with E-state index in [0.717, 1.165) is 19.6 Å². The van der Waals surface area contributed by atoms with Crippen LogP contribution in [0.1, 0.15) is 29.2 Å². The molecule has 27 heavy (non-hydrogen) atoms. The van der Waals surface area contributed by atoms with Gasteiger partial charge in [-0.25, -0.2) is 0 Å². The SMILES string of the molecule is Cc1ccccc1[C@H]1N[C@](CO)(CCO)[C@H]2CN(Cc3ccccc3)C[C@@H]12. The molecule has 0 radical (unpaired) electrons. The van der Waals surface area contributed by atoms with Gasteiger partial charge >= 0.3 is 0 Å². The summed E-state index contributed by atoms with van der Waals surface area (Å²) < 4.78 is 0. The minimum absolute atomic E-state index is 0.0658. The van der Waals surface area contributed by atoms with Crippen LogP contribution in [0, 0.1) is 18.8 Å². The molecule has 0 spiro atoms. The number of likely N-dealkylation sites (tertiary alicyclic amines) is 1. The van der Waals surface area contributed by atoms with Crippen molar-refractivity contribution in [3.8, 4) is 0 Å². The largest absolute Gasteiger partial charge is 0.396 e. The summed E-state index contributed by atoms with van der Waals surface area (Å²) in [5, 5.41) is 23.8. The Balaban J connectivity index is 1.63. The predicted octanol–water partition coefficient (Wildman–Crippen LogP) is 2.50. The number of nitrogens with zero attached hydrogens (tertiary/aromatic N) is 1. The van der Waals surface area contributed by atoms with Crippen LogP contribution >= 0.6 is 0 Å². The minimum atomic E-state index is -0.405. The van der Waals surface area contributed by atoms with E-state index < -0.39 is 5.54 Å². The molecule has 2 heterocycles. The number of benzene rings is 2. The molecular formula is C23H30N2O2. The number of rotatable bonds is 6. The summed E-state index contributed by atoms with van der Waals surface area (Å²) in [4.78, 5) is 2.51. The zero-order chi connectivity index (χ0) is 18.9. The van der Waals surface area contributed by atoms with Crippen molar-refractivity contribution < 1.29 is 10.2 Å². The Morgan fingerprint density at radius 2 is 1.78 bits per heavy atom. The number of aryl methyl sites for hydroxylation is 1. The lowest BCUT2D eigenvalue weighted by Gasteiger charge is -2.34. The van der Waals surface area contributed by atoms with Gasteiger partial charge in [-0.2, -0.15) is 0 Å². The molecule has 0 amide bonds. The maximum atomic E-state index is 10.3. The summed E-state index contributed by atoms with van der Waals surface area (Å²) in [6.07, 6.45) is 0.590. The van der Waals surface area contributed by atoms with E-state index in [1.165, 1.54) is 16.7 Å². The highest BCUT2D eigenvalue weighted by atomic mass is 16.3.